The minimum absolute atomic E-state index is 0.230. The second kappa shape index (κ2) is 5.92. The Labute approximate surface area is 119 Å². The summed E-state index contributed by atoms with van der Waals surface area (Å²) >= 11 is 1.83. The minimum atomic E-state index is 0.230. The maximum absolute atomic E-state index is 6.66. The Morgan fingerprint density at radius 2 is 2.05 bits per heavy atom. The van der Waals surface area contributed by atoms with Crippen molar-refractivity contribution in [2.75, 3.05) is 26.3 Å². The van der Waals surface area contributed by atoms with Gasteiger partial charge in [-0.2, -0.15) is 0 Å². The molecule has 1 saturated carbocycles. The number of morpholine rings is 1. The molecule has 19 heavy (non-hydrogen) atoms. The monoisotopic (exact) mass is 280 g/mol. The first-order chi connectivity index (χ1) is 9.31. The highest BCUT2D eigenvalue weighted by atomic mass is 32.1. The Morgan fingerprint density at radius 1 is 1.32 bits per heavy atom. The fraction of sp³-hybridized carbons (Fsp3) is 0.733. The highest BCUT2D eigenvalue weighted by Gasteiger charge is 2.44. The molecule has 0 aromatic carbocycles. The average Bonchev–Trinajstić information content (AvgIpc) is 3.11. The molecule has 1 unspecified atom stereocenters. The lowest BCUT2D eigenvalue weighted by molar-refractivity contribution is -0.0305. The summed E-state index contributed by atoms with van der Waals surface area (Å²) in [7, 11) is 0. The first-order valence-electron chi connectivity index (χ1n) is 7.42. The molecule has 4 heteroatoms. The zero-order chi connectivity index (χ0) is 13.1. The lowest BCUT2D eigenvalue weighted by Crippen LogP contribution is -2.61. The molecular weight excluding hydrogens is 256 g/mol. The molecule has 0 bridgehead atoms. The SMILES string of the molecule is NC(Cc1cccs1)C1(N2CCOCC2)CCCC1. The second-order valence-corrected chi connectivity index (χ2v) is 6.83. The highest BCUT2D eigenvalue weighted by Crippen LogP contribution is 2.39. The predicted octanol–water partition coefficient (Wildman–Crippen LogP) is 2.26. The van der Waals surface area contributed by atoms with Gasteiger partial charge in [0.15, 0.2) is 0 Å². The third kappa shape index (κ3) is 2.72. The summed E-state index contributed by atoms with van der Waals surface area (Å²) in [6.07, 6.45) is 6.21. The van der Waals surface area contributed by atoms with Crippen LogP contribution in [0.1, 0.15) is 30.6 Å². The predicted molar refractivity (Wildman–Crippen MR) is 79.6 cm³/mol. The molecule has 1 atom stereocenters. The molecule has 0 amide bonds. The van der Waals surface area contributed by atoms with Crippen LogP contribution in [0.5, 0.6) is 0 Å². The number of hydrogen-bond donors (Lipinski definition) is 1. The van der Waals surface area contributed by atoms with E-state index in [0.29, 0.717) is 0 Å². The van der Waals surface area contributed by atoms with Gasteiger partial charge >= 0.3 is 0 Å². The number of nitrogens with two attached hydrogens (primary N) is 1. The number of ether oxygens (including phenoxy) is 1. The Kier molecular flexibility index (Phi) is 4.22. The highest BCUT2D eigenvalue weighted by molar-refractivity contribution is 7.09. The first kappa shape index (κ1) is 13.6. The van der Waals surface area contributed by atoms with E-state index in [1.54, 1.807) is 0 Å². The third-order valence-corrected chi connectivity index (χ3v) is 5.70. The van der Waals surface area contributed by atoms with Crippen LogP contribution in [0.25, 0.3) is 0 Å². The van der Waals surface area contributed by atoms with Crippen LogP contribution < -0.4 is 5.73 Å². The van der Waals surface area contributed by atoms with Crippen molar-refractivity contribution in [3.8, 4) is 0 Å². The molecular formula is C15H24N2OS. The Hall–Kier alpha value is -0.420. The molecule has 106 valence electrons. The van der Waals surface area contributed by atoms with Gasteiger partial charge in [-0.15, -0.1) is 11.3 Å². The van der Waals surface area contributed by atoms with Crippen LogP contribution in [0.3, 0.4) is 0 Å². The van der Waals surface area contributed by atoms with Crippen molar-refractivity contribution in [3.63, 3.8) is 0 Å². The van der Waals surface area contributed by atoms with E-state index < -0.39 is 0 Å². The van der Waals surface area contributed by atoms with Gasteiger partial charge in [-0.1, -0.05) is 18.9 Å². The molecule has 1 aromatic rings. The summed E-state index contributed by atoms with van der Waals surface area (Å²) in [5.74, 6) is 0. The van der Waals surface area contributed by atoms with Gasteiger partial charge in [-0.25, -0.2) is 0 Å². The van der Waals surface area contributed by atoms with Crippen molar-refractivity contribution in [1.29, 1.82) is 0 Å². The van der Waals surface area contributed by atoms with Crippen LogP contribution in [-0.4, -0.2) is 42.8 Å². The lowest BCUT2D eigenvalue weighted by atomic mass is 9.84. The molecule has 1 aromatic heterocycles. The fourth-order valence-corrected chi connectivity index (χ4v) is 4.52. The van der Waals surface area contributed by atoms with Gasteiger partial charge in [-0.05, 0) is 30.7 Å². The third-order valence-electron chi connectivity index (χ3n) is 4.80. The molecule has 2 aliphatic rings. The van der Waals surface area contributed by atoms with E-state index in [1.165, 1.54) is 30.6 Å². The molecule has 1 aliphatic heterocycles. The van der Waals surface area contributed by atoms with Crippen LogP contribution >= 0.6 is 11.3 Å². The van der Waals surface area contributed by atoms with Crippen LogP contribution in [-0.2, 0) is 11.2 Å². The molecule has 0 radical (unpaired) electrons. The molecule has 3 rings (SSSR count). The van der Waals surface area contributed by atoms with Gasteiger partial charge in [0.1, 0.15) is 0 Å². The zero-order valence-electron chi connectivity index (χ0n) is 11.5. The van der Waals surface area contributed by atoms with Crippen molar-refractivity contribution in [3.05, 3.63) is 22.4 Å². The topological polar surface area (TPSA) is 38.5 Å². The smallest absolute Gasteiger partial charge is 0.0594 e. The standard InChI is InChI=1S/C15H24N2OS/c16-14(12-13-4-3-11-19-13)15(5-1-2-6-15)17-7-9-18-10-8-17/h3-4,11,14H,1-2,5-10,12,16H2. The van der Waals surface area contributed by atoms with E-state index in [0.717, 1.165) is 32.7 Å². The summed E-state index contributed by atoms with van der Waals surface area (Å²) in [5, 5.41) is 2.15. The number of nitrogens with zero attached hydrogens (tertiary/aromatic N) is 1. The largest absolute Gasteiger partial charge is 0.379 e. The van der Waals surface area contributed by atoms with E-state index in [-0.39, 0.29) is 11.6 Å². The summed E-state index contributed by atoms with van der Waals surface area (Å²) in [4.78, 5) is 4.05. The van der Waals surface area contributed by atoms with Gasteiger partial charge < -0.3 is 10.5 Å². The molecule has 3 nitrogen and oxygen atoms in total. The van der Waals surface area contributed by atoms with Crippen molar-refractivity contribution in [2.24, 2.45) is 5.73 Å². The quantitative estimate of drug-likeness (QED) is 0.919. The van der Waals surface area contributed by atoms with E-state index in [4.69, 9.17) is 10.5 Å². The average molecular weight is 280 g/mol. The van der Waals surface area contributed by atoms with Gasteiger partial charge in [-0.3, -0.25) is 4.90 Å². The van der Waals surface area contributed by atoms with Crippen LogP contribution in [0.2, 0.25) is 0 Å². The van der Waals surface area contributed by atoms with Gasteiger partial charge in [0.05, 0.1) is 13.2 Å². The molecule has 2 heterocycles. The Bertz CT molecular complexity index is 381. The maximum atomic E-state index is 6.66. The number of rotatable bonds is 4. The van der Waals surface area contributed by atoms with Crippen molar-refractivity contribution in [2.45, 2.75) is 43.7 Å². The zero-order valence-corrected chi connectivity index (χ0v) is 12.3. The van der Waals surface area contributed by atoms with Crippen LogP contribution in [0.15, 0.2) is 17.5 Å². The summed E-state index contributed by atoms with van der Waals surface area (Å²) in [5.41, 5.74) is 6.89. The molecule has 2 fully saturated rings. The number of hydrogen-bond acceptors (Lipinski definition) is 4. The summed E-state index contributed by atoms with van der Waals surface area (Å²) < 4.78 is 5.51. The second-order valence-electron chi connectivity index (χ2n) is 5.80. The fourth-order valence-electron chi connectivity index (χ4n) is 3.75. The van der Waals surface area contributed by atoms with Gasteiger partial charge in [0.25, 0.3) is 0 Å². The van der Waals surface area contributed by atoms with Crippen molar-refractivity contribution in [1.82, 2.24) is 4.90 Å². The normalized spacial score (nSPS) is 25.5. The van der Waals surface area contributed by atoms with Crippen LogP contribution in [0, 0.1) is 0 Å². The molecule has 1 aliphatic carbocycles. The van der Waals surface area contributed by atoms with Crippen molar-refractivity contribution < 1.29 is 4.74 Å². The summed E-state index contributed by atoms with van der Waals surface area (Å²) in [6, 6.07) is 4.60. The lowest BCUT2D eigenvalue weighted by Gasteiger charge is -2.47. The van der Waals surface area contributed by atoms with Crippen LogP contribution in [0.4, 0.5) is 0 Å². The Morgan fingerprint density at radius 3 is 2.68 bits per heavy atom. The van der Waals surface area contributed by atoms with Gasteiger partial charge in [0, 0.05) is 29.5 Å². The Balaban J connectivity index is 1.75. The van der Waals surface area contributed by atoms with Crippen molar-refractivity contribution >= 4 is 11.3 Å². The first-order valence-corrected chi connectivity index (χ1v) is 8.30. The molecule has 2 N–H and O–H groups in total. The molecule has 0 spiro atoms. The minimum Gasteiger partial charge on any atom is -0.379 e. The maximum Gasteiger partial charge on any atom is 0.0594 e. The number of thiophene rings is 1. The van der Waals surface area contributed by atoms with E-state index >= 15 is 0 Å². The van der Waals surface area contributed by atoms with E-state index in [2.05, 4.69) is 22.4 Å². The van der Waals surface area contributed by atoms with Gasteiger partial charge in [0.2, 0.25) is 0 Å². The van der Waals surface area contributed by atoms with E-state index in [1.807, 2.05) is 11.3 Å². The summed E-state index contributed by atoms with van der Waals surface area (Å²) in [6.45, 7) is 3.84. The van der Waals surface area contributed by atoms with E-state index in [9.17, 15) is 0 Å². The molecule has 1 saturated heterocycles.